The summed E-state index contributed by atoms with van der Waals surface area (Å²) < 4.78 is 20.0. The summed E-state index contributed by atoms with van der Waals surface area (Å²) in [6.45, 7) is 8.02. The molecule has 90 valence electrons. The van der Waals surface area contributed by atoms with Crippen LogP contribution in [-0.4, -0.2) is 4.89 Å². The Morgan fingerprint density at radius 1 is 1.31 bits per heavy atom. The van der Waals surface area contributed by atoms with Crippen LogP contribution in [0.2, 0.25) is 0 Å². The molecule has 0 heterocycles. The Morgan fingerprint density at radius 2 is 1.94 bits per heavy atom. The van der Waals surface area contributed by atoms with Crippen molar-refractivity contribution in [1.29, 1.82) is 0 Å². The fraction of sp³-hybridized carbons (Fsp3) is 0.455. The zero-order valence-electron chi connectivity index (χ0n) is 9.82. The van der Waals surface area contributed by atoms with Crippen LogP contribution in [0.3, 0.4) is 0 Å². The zero-order valence-corrected chi connectivity index (χ0v) is 10.7. The van der Waals surface area contributed by atoms with Gasteiger partial charge in [0.05, 0.1) is 0 Å². The van der Waals surface area contributed by atoms with Crippen molar-refractivity contribution in [2.24, 2.45) is 0 Å². The van der Waals surface area contributed by atoms with Crippen LogP contribution in [0.5, 0.6) is 5.75 Å². The second-order valence-electron chi connectivity index (χ2n) is 4.65. The van der Waals surface area contributed by atoms with Crippen molar-refractivity contribution in [2.45, 2.75) is 33.1 Å². The van der Waals surface area contributed by atoms with E-state index in [1.807, 2.05) is 39.8 Å². The summed E-state index contributed by atoms with van der Waals surface area (Å²) in [4.78, 5) is 9.02. The molecule has 0 fully saturated rings. The second kappa shape index (κ2) is 5.09. The molecular weight excluding hydrogens is 230 g/mol. The maximum Gasteiger partial charge on any atom is 0.428 e. The Bertz CT molecular complexity index is 363. The van der Waals surface area contributed by atoms with E-state index in [0.717, 1.165) is 11.1 Å². The van der Waals surface area contributed by atoms with E-state index < -0.39 is 8.60 Å². The molecule has 0 bridgehead atoms. The predicted octanol–water partition coefficient (Wildman–Crippen LogP) is 3.79. The number of halogens is 1. The molecule has 1 rings (SSSR count). The van der Waals surface area contributed by atoms with Crippen LogP contribution in [0, 0.1) is 6.92 Å². The molecule has 0 aliphatic rings. The maximum atomic E-state index is 11.7. The van der Waals surface area contributed by atoms with Crippen LogP contribution in [0.4, 0.5) is 4.53 Å². The lowest BCUT2D eigenvalue weighted by Crippen LogP contribution is -2.13. The molecule has 1 N–H and O–H groups in total. The van der Waals surface area contributed by atoms with Gasteiger partial charge in [0.2, 0.25) is 0 Å². The quantitative estimate of drug-likeness (QED) is 0.824. The summed E-state index contributed by atoms with van der Waals surface area (Å²) in [7, 11) is -2.49. The summed E-state index contributed by atoms with van der Waals surface area (Å²) in [6, 6.07) is 5.50. The Kier molecular flexibility index (Phi) is 4.25. The van der Waals surface area contributed by atoms with E-state index in [2.05, 4.69) is 4.73 Å². The van der Waals surface area contributed by atoms with Crippen molar-refractivity contribution >= 4 is 8.60 Å². The van der Waals surface area contributed by atoms with Gasteiger partial charge in [-0.2, -0.15) is 0 Å². The largest absolute Gasteiger partial charge is 0.428 e. The highest BCUT2D eigenvalue weighted by Gasteiger charge is 2.21. The van der Waals surface area contributed by atoms with Gasteiger partial charge in [-0.05, 0) is 22.9 Å². The predicted molar refractivity (Wildman–Crippen MR) is 61.8 cm³/mol. The van der Waals surface area contributed by atoms with Gasteiger partial charge in [0.15, 0.2) is 0 Å². The number of hydrogen-bond donors (Lipinski definition) is 1. The van der Waals surface area contributed by atoms with Gasteiger partial charge >= 0.3 is 8.60 Å². The number of aryl methyl sites for hydroxylation is 1. The summed E-state index contributed by atoms with van der Waals surface area (Å²) >= 11 is 0. The molecule has 0 saturated heterocycles. The van der Waals surface area contributed by atoms with Gasteiger partial charge in [0.1, 0.15) is 5.75 Å². The van der Waals surface area contributed by atoms with Crippen LogP contribution >= 0.6 is 8.60 Å². The fourth-order valence-corrected chi connectivity index (χ4v) is 1.76. The Morgan fingerprint density at radius 3 is 2.44 bits per heavy atom. The minimum absolute atomic E-state index is 0.145. The van der Waals surface area contributed by atoms with Gasteiger partial charge in [-0.15, -0.1) is 0 Å². The van der Waals surface area contributed by atoms with Gasteiger partial charge in [-0.1, -0.05) is 43.2 Å². The summed E-state index contributed by atoms with van der Waals surface area (Å²) in [5.41, 5.74) is 1.85. The first-order valence-corrected chi connectivity index (χ1v) is 6.04. The minimum Gasteiger partial charge on any atom is -0.425 e. The minimum atomic E-state index is -2.49. The Balaban J connectivity index is 3.08. The molecule has 3 nitrogen and oxygen atoms in total. The number of hydrogen-bond acceptors (Lipinski definition) is 3. The van der Waals surface area contributed by atoms with E-state index in [1.165, 1.54) is 0 Å². The highest BCUT2D eigenvalue weighted by molar-refractivity contribution is 7.40. The molecule has 0 aliphatic heterocycles. The SMILES string of the molecule is Cc1ccc(OP(O)OF)c(C(C)(C)C)c1. The van der Waals surface area contributed by atoms with E-state index in [1.54, 1.807) is 6.07 Å². The Labute approximate surface area is 96.1 Å². The average molecular weight is 246 g/mol. The molecule has 0 radical (unpaired) electrons. The second-order valence-corrected chi connectivity index (χ2v) is 5.44. The Hall–Kier alpha value is -0.700. The zero-order chi connectivity index (χ0) is 12.3. The lowest BCUT2D eigenvalue weighted by atomic mass is 9.85. The molecule has 0 saturated carbocycles. The van der Waals surface area contributed by atoms with E-state index >= 15 is 0 Å². The van der Waals surface area contributed by atoms with Crippen molar-refractivity contribution in [3.05, 3.63) is 29.3 Å². The van der Waals surface area contributed by atoms with E-state index in [-0.39, 0.29) is 5.41 Å². The highest BCUT2D eigenvalue weighted by Crippen LogP contribution is 2.40. The topological polar surface area (TPSA) is 38.7 Å². The molecule has 0 aromatic heterocycles. The van der Waals surface area contributed by atoms with Gasteiger partial charge < -0.3 is 9.42 Å². The van der Waals surface area contributed by atoms with Gasteiger partial charge in [-0.3, -0.25) is 0 Å². The van der Waals surface area contributed by atoms with E-state index in [0.29, 0.717) is 5.75 Å². The van der Waals surface area contributed by atoms with Gasteiger partial charge in [-0.25, -0.2) is 0 Å². The maximum absolute atomic E-state index is 11.7. The molecule has 1 atom stereocenters. The van der Waals surface area contributed by atoms with Crippen LogP contribution < -0.4 is 4.52 Å². The molecule has 5 heteroatoms. The third-order valence-corrected chi connectivity index (χ3v) is 2.65. The molecule has 16 heavy (non-hydrogen) atoms. The summed E-state index contributed by atoms with van der Waals surface area (Å²) in [6.07, 6.45) is 0. The van der Waals surface area contributed by atoms with Crippen LogP contribution in [0.1, 0.15) is 31.9 Å². The molecule has 0 spiro atoms. The van der Waals surface area contributed by atoms with Crippen LogP contribution in [0.15, 0.2) is 18.2 Å². The van der Waals surface area contributed by atoms with Crippen molar-refractivity contribution in [3.8, 4) is 5.75 Å². The third kappa shape index (κ3) is 3.41. The lowest BCUT2D eigenvalue weighted by Gasteiger charge is -2.23. The van der Waals surface area contributed by atoms with Crippen molar-refractivity contribution < 1.29 is 18.7 Å². The van der Waals surface area contributed by atoms with Gasteiger partial charge in [0, 0.05) is 5.56 Å². The molecular formula is C11H16FO3P. The average Bonchev–Trinajstić information content (AvgIpc) is 2.19. The number of benzene rings is 1. The molecule has 1 aromatic rings. The first-order chi connectivity index (χ1) is 7.34. The lowest BCUT2D eigenvalue weighted by molar-refractivity contribution is -0.0178. The van der Waals surface area contributed by atoms with E-state index in [9.17, 15) is 4.53 Å². The molecule has 1 aromatic carbocycles. The fourth-order valence-electron chi connectivity index (χ4n) is 1.41. The third-order valence-electron chi connectivity index (χ3n) is 2.18. The highest BCUT2D eigenvalue weighted by atomic mass is 31.2. The van der Waals surface area contributed by atoms with Crippen molar-refractivity contribution in [2.75, 3.05) is 0 Å². The normalized spacial score (nSPS) is 13.6. The van der Waals surface area contributed by atoms with Crippen molar-refractivity contribution in [3.63, 3.8) is 0 Å². The first-order valence-electron chi connectivity index (χ1n) is 4.91. The van der Waals surface area contributed by atoms with Crippen molar-refractivity contribution in [1.82, 2.24) is 0 Å². The summed E-state index contributed by atoms with van der Waals surface area (Å²) in [5, 5.41) is 0. The molecule has 0 aliphatic carbocycles. The standard InChI is InChI=1S/C11H16FO3P/c1-8-5-6-10(14-16(13)15-12)9(7-8)11(2,3)4/h5-7,13H,1-4H3. The van der Waals surface area contributed by atoms with Crippen LogP contribution in [0.25, 0.3) is 0 Å². The monoisotopic (exact) mass is 246 g/mol. The number of rotatable bonds is 3. The smallest absolute Gasteiger partial charge is 0.425 e. The molecule has 1 unspecified atom stereocenters. The summed E-state index contributed by atoms with van der Waals surface area (Å²) in [5.74, 6) is 0.448. The van der Waals surface area contributed by atoms with E-state index in [4.69, 9.17) is 9.42 Å². The first kappa shape index (κ1) is 13.4. The van der Waals surface area contributed by atoms with Crippen LogP contribution in [-0.2, 0) is 10.1 Å². The van der Waals surface area contributed by atoms with Gasteiger partial charge in [0.25, 0.3) is 0 Å². The molecule has 0 amide bonds.